The lowest BCUT2D eigenvalue weighted by molar-refractivity contribution is 0.104. The zero-order valence-electron chi connectivity index (χ0n) is 11.4. The second kappa shape index (κ2) is 6.40. The molecule has 0 amide bonds. The number of hydrogen-bond acceptors (Lipinski definition) is 5. The molecular formula is C14H19N3O3. The van der Waals surface area contributed by atoms with Crippen molar-refractivity contribution in [1.82, 2.24) is 9.78 Å². The van der Waals surface area contributed by atoms with E-state index in [0.717, 1.165) is 11.3 Å². The molecule has 0 aliphatic heterocycles. The fourth-order valence-corrected chi connectivity index (χ4v) is 1.75. The van der Waals surface area contributed by atoms with Crippen molar-refractivity contribution in [3.8, 4) is 11.6 Å². The van der Waals surface area contributed by atoms with E-state index in [-0.39, 0.29) is 25.7 Å². The molecule has 2 aromatic rings. The van der Waals surface area contributed by atoms with Crippen LogP contribution in [0, 0.1) is 12.8 Å². The van der Waals surface area contributed by atoms with Gasteiger partial charge in [-0.05, 0) is 19.1 Å². The zero-order valence-corrected chi connectivity index (χ0v) is 11.4. The molecule has 1 heterocycles. The Morgan fingerprint density at radius 3 is 2.50 bits per heavy atom. The van der Waals surface area contributed by atoms with Gasteiger partial charge in [-0.3, -0.25) is 0 Å². The summed E-state index contributed by atoms with van der Waals surface area (Å²) in [5, 5.41) is 22.4. The van der Waals surface area contributed by atoms with Gasteiger partial charge in [0.05, 0.1) is 31.1 Å². The first-order chi connectivity index (χ1) is 9.67. The molecule has 1 aromatic carbocycles. The van der Waals surface area contributed by atoms with Crippen LogP contribution in [0.25, 0.3) is 5.69 Å². The van der Waals surface area contributed by atoms with E-state index in [1.165, 1.54) is 0 Å². The fraction of sp³-hybridized carbons (Fsp3) is 0.357. The molecule has 20 heavy (non-hydrogen) atoms. The summed E-state index contributed by atoms with van der Waals surface area (Å²) in [6.07, 6.45) is 0. The lowest BCUT2D eigenvalue weighted by Gasteiger charge is -2.10. The average molecular weight is 277 g/mol. The van der Waals surface area contributed by atoms with Crippen LogP contribution in [0.2, 0.25) is 0 Å². The van der Waals surface area contributed by atoms with Crippen LogP contribution in [0.5, 0.6) is 5.88 Å². The highest BCUT2D eigenvalue weighted by Gasteiger charge is 2.16. The Morgan fingerprint density at radius 2 is 1.90 bits per heavy atom. The van der Waals surface area contributed by atoms with E-state index in [1.54, 1.807) is 4.68 Å². The number of hydrogen-bond donors (Lipinski definition) is 3. The first-order valence-corrected chi connectivity index (χ1v) is 6.42. The van der Waals surface area contributed by atoms with E-state index in [0.29, 0.717) is 11.7 Å². The third kappa shape index (κ3) is 2.92. The third-order valence-electron chi connectivity index (χ3n) is 3.10. The molecule has 6 nitrogen and oxygen atoms in total. The Labute approximate surface area is 117 Å². The van der Waals surface area contributed by atoms with Crippen molar-refractivity contribution in [3.63, 3.8) is 0 Å². The standard InChI is InChI=1S/C14H19N3O3/c1-10-13(15)17(12-5-3-2-4-6-12)16-14(10)20-9-11(7-18)8-19/h2-6,11,18-19H,7-9,15H2,1H3. The normalized spacial score (nSPS) is 11.0. The number of aromatic nitrogens is 2. The van der Waals surface area contributed by atoms with Crippen LogP contribution in [0.1, 0.15) is 5.56 Å². The maximum atomic E-state index is 9.02. The Kier molecular flexibility index (Phi) is 4.60. The largest absolute Gasteiger partial charge is 0.476 e. The number of anilines is 1. The minimum atomic E-state index is -0.322. The van der Waals surface area contributed by atoms with E-state index < -0.39 is 0 Å². The second-order valence-electron chi connectivity index (χ2n) is 4.60. The molecule has 4 N–H and O–H groups in total. The Balaban J connectivity index is 2.20. The number of aliphatic hydroxyl groups is 2. The number of ether oxygens (including phenoxy) is 1. The van der Waals surface area contributed by atoms with Gasteiger partial charge in [0.25, 0.3) is 0 Å². The molecule has 0 spiro atoms. The fourth-order valence-electron chi connectivity index (χ4n) is 1.75. The predicted molar refractivity (Wildman–Crippen MR) is 75.9 cm³/mol. The van der Waals surface area contributed by atoms with Crippen LogP contribution >= 0.6 is 0 Å². The van der Waals surface area contributed by atoms with E-state index in [4.69, 9.17) is 20.7 Å². The van der Waals surface area contributed by atoms with Gasteiger partial charge in [-0.2, -0.15) is 0 Å². The average Bonchev–Trinajstić information content (AvgIpc) is 2.77. The molecule has 2 rings (SSSR count). The molecule has 0 unspecified atom stereocenters. The zero-order chi connectivity index (χ0) is 14.5. The molecule has 6 heteroatoms. The number of para-hydroxylation sites is 1. The van der Waals surface area contributed by atoms with Gasteiger partial charge in [0.2, 0.25) is 5.88 Å². The van der Waals surface area contributed by atoms with Crippen molar-refractivity contribution in [3.05, 3.63) is 35.9 Å². The topological polar surface area (TPSA) is 93.5 Å². The van der Waals surface area contributed by atoms with Gasteiger partial charge in [0.15, 0.2) is 0 Å². The van der Waals surface area contributed by atoms with Crippen LogP contribution in [-0.4, -0.2) is 39.8 Å². The number of benzene rings is 1. The Bertz CT molecular complexity index is 550. The Hall–Kier alpha value is -2.05. The van der Waals surface area contributed by atoms with Crippen molar-refractivity contribution in [1.29, 1.82) is 0 Å². The summed E-state index contributed by atoms with van der Waals surface area (Å²) >= 11 is 0. The first-order valence-electron chi connectivity index (χ1n) is 6.42. The van der Waals surface area contributed by atoms with Crippen molar-refractivity contribution in [2.75, 3.05) is 25.6 Å². The molecule has 0 aliphatic carbocycles. The van der Waals surface area contributed by atoms with Gasteiger partial charge in [0.1, 0.15) is 5.82 Å². The first kappa shape index (κ1) is 14.4. The van der Waals surface area contributed by atoms with Crippen molar-refractivity contribution in [2.45, 2.75) is 6.92 Å². The third-order valence-corrected chi connectivity index (χ3v) is 3.10. The van der Waals surface area contributed by atoms with Crippen molar-refractivity contribution < 1.29 is 14.9 Å². The monoisotopic (exact) mass is 277 g/mol. The van der Waals surface area contributed by atoms with Crippen LogP contribution in [0.15, 0.2) is 30.3 Å². The molecule has 0 bridgehead atoms. The van der Waals surface area contributed by atoms with E-state index in [9.17, 15) is 0 Å². The van der Waals surface area contributed by atoms with Gasteiger partial charge in [-0.1, -0.05) is 18.2 Å². The van der Waals surface area contributed by atoms with Crippen LogP contribution in [0.3, 0.4) is 0 Å². The summed E-state index contributed by atoms with van der Waals surface area (Å²) in [4.78, 5) is 0. The lowest BCUT2D eigenvalue weighted by atomic mass is 10.2. The SMILES string of the molecule is Cc1c(OCC(CO)CO)nn(-c2ccccc2)c1N. The minimum Gasteiger partial charge on any atom is -0.476 e. The van der Waals surface area contributed by atoms with Crippen LogP contribution in [0.4, 0.5) is 5.82 Å². The summed E-state index contributed by atoms with van der Waals surface area (Å²) in [6.45, 7) is 1.75. The molecule has 0 aliphatic rings. The molecule has 1 aromatic heterocycles. The Morgan fingerprint density at radius 1 is 1.25 bits per heavy atom. The predicted octanol–water partition coefficient (Wildman–Crippen LogP) is 0.743. The molecule has 108 valence electrons. The summed E-state index contributed by atoms with van der Waals surface area (Å²) in [5.41, 5.74) is 7.62. The summed E-state index contributed by atoms with van der Waals surface area (Å²) in [7, 11) is 0. The maximum absolute atomic E-state index is 9.02. The van der Waals surface area contributed by atoms with Crippen LogP contribution < -0.4 is 10.5 Å². The van der Waals surface area contributed by atoms with Gasteiger partial charge >= 0.3 is 0 Å². The number of rotatable bonds is 6. The van der Waals surface area contributed by atoms with Gasteiger partial charge in [-0.25, -0.2) is 4.68 Å². The highest BCUT2D eigenvalue weighted by Crippen LogP contribution is 2.25. The molecule has 0 atom stereocenters. The number of nitrogens with zero attached hydrogens (tertiary/aromatic N) is 2. The number of nitrogens with two attached hydrogens (primary N) is 1. The summed E-state index contributed by atoms with van der Waals surface area (Å²) < 4.78 is 7.14. The smallest absolute Gasteiger partial charge is 0.238 e. The van der Waals surface area contributed by atoms with Gasteiger partial charge < -0.3 is 20.7 Å². The minimum absolute atomic E-state index is 0.135. The molecule has 0 radical (unpaired) electrons. The molecule has 0 fully saturated rings. The number of aliphatic hydroxyl groups excluding tert-OH is 2. The second-order valence-corrected chi connectivity index (χ2v) is 4.60. The summed E-state index contributed by atoms with van der Waals surface area (Å²) in [6, 6.07) is 9.52. The van der Waals surface area contributed by atoms with Crippen molar-refractivity contribution in [2.24, 2.45) is 5.92 Å². The summed E-state index contributed by atoms with van der Waals surface area (Å²) in [5.74, 6) is 0.603. The van der Waals surface area contributed by atoms with E-state index >= 15 is 0 Å². The maximum Gasteiger partial charge on any atom is 0.238 e. The van der Waals surface area contributed by atoms with E-state index in [1.807, 2.05) is 37.3 Å². The van der Waals surface area contributed by atoms with Gasteiger partial charge in [0, 0.05) is 5.92 Å². The lowest BCUT2D eigenvalue weighted by Crippen LogP contribution is -2.20. The highest BCUT2D eigenvalue weighted by molar-refractivity contribution is 5.51. The van der Waals surface area contributed by atoms with Crippen LogP contribution in [-0.2, 0) is 0 Å². The highest BCUT2D eigenvalue weighted by atomic mass is 16.5. The molecule has 0 saturated heterocycles. The quantitative estimate of drug-likeness (QED) is 0.724. The van der Waals surface area contributed by atoms with Crippen molar-refractivity contribution >= 4 is 5.82 Å². The van der Waals surface area contributed by atoms with E-state index in [2.05, 4.69) is 5.10 Å². The van der Waals surface area contributed by atoms with Gasteiger partial charge in [-0.15, -0.1) is 5.10 Å². The molecule has 0 saturated carbocycles. The molecular weight excluding hydrogens is 258 g/mol. The number of nitrogen functional groups attached to an aromatic ring is 1.